The number of morpholine rings is 1. The van der Waals surface area contributed by atoms with E-state index < -0.39 is 4.92 Å². The summed E-state index contributed by atoms with van der Waals surface area (Å²) >= 11 is 0. The van der Waals surface area contributed by atoms with Crippen molar-refractivity contribution in [3.63, 3.8) is 0 Å². The van der Waals surface area contributed by atoms with E-state index in [1.807, 2.05) is 30.3 Å². The number of nitrogens with one attached hydrogen (secondary N) is 2. The Morgan fingerprint density at radius 2 is 1.96 bits per heavy atom. The Morgan fingerprint density at radius 3 is 2.65 bits per heavy atom. The molecule has 1 fully saturated rings. The Morgan fingerprint density at radius 1 is 1.23 bits per heavy atom. The first-order valence-electron chi connectivity index (χ1n) is 8.52. The third-order valence-electron chi connectivity index (χ3n) is 4.09. The molecule has 0 bridgehead atoms. The van der Waals surface area contributed by atoms with Crippen molar-refractivity contribution in [2.75, 3.05) is 50.0 Å². The number of anilines is 3. The molecule has 1 aromatic heterocycles. The van der Waals surface area contributed by atoms with Gasteiger partial charge in [0.05, 0.1) is 18.1 Å². The van der Waals surface area contributed by atoms with Crippen molar-refractivity contribution in [1.82, 2.24) is 14.9 Å². The highest BCUT2D eigenvalue weighted by Crippen LogP contribution is 2.29. The lowest BCUT2D eigenvalue weighted by Crippen LogP contribution is -2.39. The van der Waals surface area contributed by atoms with Crippen LogP contribution < -0.4 is 10.6 Å². The van der Waals surface area contributed by atoms with Gasteiger partial charge in [-0.05, 0) is 19.1 Å². The summed E-state index contributed by atoms with van der Waals surface area (Å²) in [5.41, 5.74) is 0.929. The average Bonchev–Trinajstić information content (AvgIpc) is 2.63. The molecule has 0 radical (unpaired) electrons. The Bertz CT molecular complexity index is 750. The zero-order valence-electron chi connectivity index (χ0n) is 14.6. The molecule has 0 atom stereocenters. The first-order chi connectivity index (χ1) is 12.6. The van der Waals surface area contributed by atoms with E-state index in [9.17, 15) is 10.1 Å². The second kappa shape index (κ2) is 8.54. The first-order valence-corrected chi connectivity index (χ1v) is 8.52. The molecule has 2 N–H and O–H groups in total. The second-order valence-electron chi connectivity index (χ2n) is 5.96. The maximum Gasteiger partial charge on any atom is 0.332 e. The van der Waals surface area contributed by atoms with Gasteiger partial charge in [0.1, 0.15) is 5.69 Å². The van der Waals surface area contributed by atoms with E-state index in [-0.39, 0.29) is 11.5 Å². The van der Waals surface area contributed by atoms with Crippen molar-refractivity contribution >= 4 is 23.1 Å². The van der Waals surface area contributed by atoms with Crippen molar-refractivity contribution in [3.05, 3.63) is 46.1 Å². The summed E-state index contributed by atoms with van der Waals surface area (Å²) < 4.78 is 5.33. The molecule has 1 aliphatic rings. The molecule has 9 heteroatoms. The Kier molecular flexibility index (Phi) is 5.92. The van der Waals surface area contributed by atoms with Gasteiger partial charge in [0.15, 0.2) is 0 Å². The second-order valence-corrected chi connectivity index (χ2v) is 5.96. The van der Waals surface area contributed by atoms with Crippen LogP contribution in [0.3, 0.4) is 0 Å². The summed E-state index contributed by atoms with van der Waals surface area (Å²) in [4.78, 5) is 21.8. The summed E-state index contributed by atoms with van der Waals surface area (Å²) in [6.07, 6.45) is 0. The number of para-hydroxylation sites is 1. The van der Waals surface area contributed by atoms with E-state index in [1.165, 1.54) is 0 Å². The van der Waals surface area contributed by atoms with Gasteiger partial charge in [0, 0.05) is 31.9 Å². The lowest BCUT2D eigenvalue weighted by atomic mass is 10.3. The Hall–Kier alpha value is -2.78. The highest BCUT2D eigenvalue weighted by atomic mass is 16.6. The number of hydrogen-bond acceptors (Lipinski definition) is 8. The van der Waals surface area contributed by atoms with E-state index in [1.54, 1.807) is 6.92 Å². The SMILES string of the molecule is Cc1nc(NCCN2CCOCC2)nc(Nc2ccccc2)c1[N+](=O)[O-]. The lowest BCUT2D eigenvalue weighted by Gasteiger charge is -2.26. The van der Waals surface area contributed by atoms with Gasteiger partial charge in [-0.3, -0.25) is 15.0 Å². The molecule has 0 aliphatic carbocycles. The Balaban J connectivity index is 1.72. The van der Waals surface area contributed by atoms with E-state index in [2.05, 4.69) is 25.5 Å². The summed E-state index contributed by atoms with van der Waals surface area (Å²) in [6.45, 7) is 6.41. The molecule has 3 rings (SSSR count). The molecule has 0 saturated carbocycles. The van der Waals surface area contributed by atoms with Gasteiger partial charge < -0.3 is 15.4 Å². The molecule has 2 aromatic rings. The van der Waals surface area contributed by atoms with Crippen LogP contribution in [-0.4, -0.2) is 59.2 Å². The van der Waals surface area contributed by atoms with Crippen molar-refractivity contribution in [2.24, 2.45) is 0 Å². The van der Waals surface area contributed by atoms with Gasteiger partial charge in [-0.1, -0.05) is 18.2 Å². The third kappa shape index (κ3) is 4.64. The molecule has 1 saturated heterocycles. The topological polar surface area (TPSA) is 105 Å². The standard InChI is InChI=1S/C17H22N6O3/c1-13-15(23(24)25)16(20-14-5-3-2-4-6-14)21-17(19-13)18-7-8-22-9-11-26-12-10-22/h2-6H,7-12H2,1H3,(H2,18,19,20,21). The fourth-order valence-electron chi connectivity index (χ4n) is 2.76. The van der Waals surface area contributed by atoms with Crippen LogP contribution in [0.4, 0.5) is 23.1 Å². The fraction of sp³-hybridized carbons (Fsp3) is 0.412. The largest absolute Gasteiger partial charge is 0.379 e. The minimum absolute atomic E-state index is 0.118. The molecular formula is C17H22N6O3. The monoisotopic (exact) mass is 358 g/mol. The van der Waals surface area contributed by atoms with Crippen LogP contribution in [0.25, 0.3) is 0 Å². The number of rotatable bonds is 7. The zero-order valence-corrected chi connectivity index (χ0v) is 14.6. The number of aryl methyl sites for hydroxylation is 1. The van der Waals surface area contributed by atoms with Gasteiger partial charge in [-0.15, -0.1) is 0 Å². The summed E-state index contributed by atoms with van der Waals surface area (Å²) in [5.74, 6) is 0.558. The molecule has 26 heavy (non-hydrogen) atoms. The zero-order chi connectivity index (χ0) is 18.4. The molecule has 9 nitrogen and oxygen atoms in total. The lowest BCUT2D eigenvalue weighted by molar-refractivity contribution is -0.385. The van der Waals surface area contributed by atoms with Crippen LogP contribution in [0.5, 0.6) is 0 Å². The van der Waals surface area contributed by atoms with Gasteiger partial charge >= 0.3 is 5.69 Å². The highest BCUT2D eigenvalue weighted by molar-refractivity contribution is 5.68. The molecule has 0 unspecified atom stereocenters. The Labute approximate surface area is 151 Å². The van der Waals surface area contributed by atoms with E-state index >= 15 is 0 Å². The van der Waals surface area contributed by atoms with Crippen molar-refractivity contribution in [2.45, 2.75) is 6.92 Å². The van der Waals surface area contributed by atoms with Crippen LogP contribution in [0.15, 0.2) is 30.3 Å². The first kappa shape index (κ1) is 18.0. The molecule has 0 spiro atoms. The van der Waals surface area contributed by atoms with Crippen LogP contribution in [-0.2, 0) is 4.74 Å². The fourth-order valence-corrected chi connectivity index (χ4v) is 2.76. The van der Waals surface area contributed by atoms with E-state index in [0.29, 0.717) is 18.2 Å². The number of nitrogens with zero attached hydrogens (tertiary/aromatic N) is 4. The van der Waals surface area contributed by atoms with E-state index in [4.69, 9.17) is 4.74 Å². The number of benzene rings is 1. The van der Waals surface area contributed by atoms with Crippen molar-refractivity contribution < 1.29 is 9.66 Å². The predicted molar refractivity (Wildman–Crippen MR) is 98.9 cm³/mol. The average molecular weight is 358 g/mol. The summed E-state index contributed by atoms with van der Waals surface area (Å²) in [7, 11) is 0. The van der Waals surface area contributed by atoms with Crippen molar-refractivity contribution in [1.29, 1.82) is 0 Å². The normalized spacial score (nSPS) is 14.8. The molecule has 2 heterocycles. The number of nitro groups is 1. The molecule has 138 valence electrons. The predicted octanol–water partition coefficient (Wildman–Crippen LogP) is 2.18. The van der Waals surface area contributed by atoms with Crippen LogP contribution >= 0.6 is 0 Å². The van der Waals surface area contributed by atoms with Crippen LogP contribution in [0.2, 0.25) is 0 Å². The maximum atomic E-state index is 11.4. The molecule has 1 aromatic carbocycles. The highest BCUT2D eigenvalue weighted by Gasteiger charge is 2.22. The van der Waals surface area contributed by atoms with Gasteiger partial charge in [0.25, 0.3) is 0 Å². The summed E-state index contributed by atoms with van der Waals surface area (Å²) in [5, 5.41) is 17.6. The van der Waals surface area contributed by atoms with Gasteiger partial charge in [-0.25, -0.2) is 4.98 Å². The number of hydrogen-bond donors (Lipinski definition) is 2. The quantitative estimate of drug-likeness (QED) is 0.573. The smallest absolute Gasteiger partial charge is 0.332 e. The van der Waals surface area contributed by atoms with E-state index in [0.717, 1.165) is 38.5 Å². The summed E-state index contributed by atoms with van der Waals surface area (Å²) in [6, 6.07) is 9.23. The van der Waals surface area contributed by atoms with Crippen LogP contribution in [0.1, 0.15) is 5.69 Å². The molecular weight excluding hydrogens is 336 g/mol. The van der Waals surface area contributed by atoms with Crippen LogP contribution in [0, 0.1) is 17.0 Å². The minimum atomic E-state index is -0.460. The van der Waals surface area contributed by atoms with Crippen molar-refractivity contribution in [3.8, 4) is 0 Å². The molecule has 1 aliphatic heterocycles. The maximum absolute atomic E-state index is 11.4. The minimum Gasteiger partial charge on any atom is -0.379 e. The molecule has 0 amide bonds. The number of ether oxygens (including phenoxy) is 1. The van der Waals surface area contributed by atoms with Gasteiger partial charge in [0.2, 0.25) is 11.8 Å². The number of aromatic nitrogens is 2. The van der Waals surface area contributed by atoms with Gasteiger partial charge in [-0.2, -0.15) is 4.98 Å². The third-order valence-corrected chi connectivity index (χ3v) is 4.09.